The highest BCUT2D eigenvalue weighted by Crippen LogP contribution is 2.35. The number of benzene rings is 1. The second-order valence-electron chi connectivity index (χ2n) is 8.09. The van der Waals surface area contributed by atoms with Crippen LogP contribution in [-0.2, 0) is 22.7 Å². The SMILES string of the molecule is Cc1nnc(-c2ccc(CN3CCN(C(=O)n4cc(NS(C)(=O)=O)cn4)CC3)c(C(F)(F)F)c2)o1. The first kappa shape index (κ1) is 24.7. The summed E-state index contributed by atoms with van der Waals surface area (Å²) in [5.74, 6) is 0.267. The molecular formula is C20H22F3N7O4S. The number of hydrogen-bond acceptors (Lipinski definition) is 8. The minimum Gasteiger partial charge on any atom is -0.421 e. The van der Waals surface area contributed by atoms with E-state index in [4.69, 9.17) is 4.42 Å². The maximum Gasteiger partial charge on any atom is 0.416 e. The summed E-state index contributed by atoms with van der Waals surface area (Å²) in [6.07, 6.45) is -1.11. The Morgan fingerprint density at radius 1 is 1.17 bits per heavy atom. The van der Waals surface area contributed by atoms with Crippen molar-refractivity contribution >= 4 is 21.7 Å². The number of aromatic nitrogens is 4. The Morgan fingerprint density at radius 2 is 1.89 bits per heavy atom. The molecule has 35 heavy (non-hydrogen) atoms. The zero-order valence-corrected chi connectivity index (χ0v) is 19.6. The molecule has 1 N–H and O–H groups in total. The van der Waals surface area contributed by atoms with Crippen molar-refractivity contribution in [2.45, 2.75) is 19.6 Å². The number of nitrogens with one attached hydrogen (secondary N) is 1. The molecule has 0 atom stereocenters. The normalized spacial score (nSPS) is 15.4. The lowest BCUT2D eigenvalue weighted by atomic mass is 10.0. The third-order valence-electron chi connectivity index (χ3n) is 5.31. The number of sulfonamides is 1. The molecule has 0 spiro atoms. The zero-order chi connectivity index (χ0) is 25.4. The van der Waals surface area contributed by atoms with E-state index in [-0.39, 0.29) is 48.2 Å². The second-order valence-corrected chi connectivity index (χ2v) is 9.84. The summed E-state index contributed by atoms with van der Waals surface area (Å²) in [6, 6.07) is 3.45. The van der Waals surface area contributed by atoms with E-state index in [0.29, 0.717) is 13.1 Å². The molecular weight excluding hydrogens is 491 g/mol. The highest BCUT2D eigenvalue weighted by molar-refractivity contribution is 7.92. The average Bonchev–Trinajstić information content (AvgIpc) is 3.41. The molecule has 3 heterocycles. The fourth-order valence-corrected chi connectivity index (χ4v) is 4.24. The molecule has 1 aliphatic heterocycles. The predicted molar refractivity (Wildman–Crippen MR) is 118 cm³/mol. The van der Waals surface area contributed by atoms with Crippen LogP contribution in [0.1, 0.15) is 17.0 Å². The first-order chi connectivity index (χ1) is 16.4. The van der Waals surface area contributed by atoms with Crippen LogP contribution in [0.2, 0.25) is 0 Å². The molecule has 3 aromatic rings. The Labute approximate surface area is 198 Å². The number of amides is 1. The fraction of sp³-hybridized carbons (Fsp3) is 0.400. The van der Waals surface area contributed by atoms with E-state index in [9.17, 15) is 26.4 Å². The molecule has 1 aromatic carbocycles. The van der Waals surface area contributed by atoms with Gasteiger partial charge in [-0.2, -0.15) is 23.0 Å². The standard InChI is InChI=1S/C20H22F3N7O4S/c1-13-25-26-18(34-13)14-3-4-15(17(9-14)20(21,22)23)11-28-5-7-29(8-6-28)19(31)30-12-16(10-24-30)27-35(2,32)33/h3-4,9-10,12,27H,5-8,11H2,1-2H3. The topological polar surface area (TPSA) is 126 Å². The molecule has 1 fully saturated rings. The largest absolute Gasteiger partial charge is 0.421 e. The van der Waals surface area contributed by atoms with Crippen LogP contribution in [0.25, 0.3) is 11.5 Å². The van der Waals surface area contributed by atoms with Gasteiger partial charge in [-0.05, 0) is 17.7 Å². The second kappa shape index (κ2) is 9.30. The van der Waals surface area contributed by atoms with Crippen LogP contribution in [0.4, 0.5) is 23.7 Å². The van der Waals surface area contributed by atoms with E-state index in [1.165, 1.54) is 29.4 Å². The monoisotopic (exact) mass is 513 g/mol. The number of piperazine rings is 1. The molecule has 188 valence electrons. The van der Waals surface area contributed by atoms with Crippen molar-refractivity contribution in [3.8, 4) is 11.5 Å². The molecule has 0 saturated carbocycles. The summed E-state index contributed by atoms with van der Waals surface area (Å²) in [5.41, 5.74) is -0.355. The van der Waals surface area contributed by atoms with Gasteiger partial charge in [0, 0.05) is 45.2 Å². The molecule has 2 aromatic heterocycles. The first-order valence-corrected chi connectivity index (χ1v) is 12.3. The van der Waals surface area contributed by atoms with E-state index in [0.717, 1.165) is 17.0 Å². The van der Waals surface area contributed by atoms with Crippen LogP contribution in [0.15, 0.2) is 35.0 Å². The Balaban J connectivity index is 1.42. The van der Waals surface area contributed by atoms with E-state index in [1.807, 2.05) is 4.90 Å². The molecule has 15 heteroatoms. The molecule has 0 bridgehead atoms. The molecule has 0 aliphatic carbocycles. The first-order valence-electron chi connectivity index (χ1n) is 10.4. The van der Waals surface area contributed by atoms with Crippen molar-refractivity contribution in [1.82, 2.24) is 29.8 Å². The fourth-order valence-electron chi connectivity index (χ4n) is 3.70. The van der Waals surface area contributed by atoms with Gasteiger partial charge in [-0.25, -0.2) is 13.2 Å². The van der Waals surface area contributed by atoms with Gasteiger partial charge in [0.1, 0.15) is 0 Å². The number of hydrogen-bond donors (Lipinski definition) is 1. The van der Waals surface area contributed by atoms with Crippen LogP contribution < -0.4 is 4.72 Å². The van der Waals surface area contributed by atoms with Gasteiger partial charge in [0.2, 0.25) is 21.8 Å². The number of carbonyl (C=O) groups is 1. The lowest BCUT2D eigenvalue weighted by Gasteiger charge is -2.34. The highest BCUT2D eigenvalue weighted by atomic mass is 32.2. The molecule has 1 saturated heterocycles. The predicted octanol–water partition coefficient (Wildman–Crippen LogP) is 2.42. The van der Waals surface area contributed by atoms with Gasteiger partial charge >= 0.3 is 12.2 Å². The van der Waals surface area contributed by atoms with E-state index >= 15 is 0 Å². The molecule has 1 amide bonds. The Bertz CT molecular complexity index is 1330. The van der Waals surface area contributed by atoms with Crippen molar-refractivity contribution in [3.63, 3.8) is 0 Å². The Morgan fingerprint density at radius 3 is 2.49 bits per heavy atom. The van der Waals surface area contributed by atoms with Gasteiger partial charge in [0.15, 0.2) is 0 Å². The average molecular weight is 514 g/mol. The van der Waals surface area contributed by atoms with Crippen molar-refractivity contribution in [2.75, 3.05) is 37.2 Å². The van der Waals surface area contributed by atoms with Crippen molar-refractivity contribution in [3.05, 3.63) is 47.6 Å². The lowest BCUT2D eigenvalue weighted by molar-refractivity contribution is -0.138. The molecule has 11 nitrogen and oxygen atoms in total. The molecule has 4 rings (SSSR count). The van der Waals surface area contributed by atoms with Crippen molar-refractivity contribution in [1.29, 1.82) is 0 Å². The van der Waals surface area contributed by atoms with Gasteiger partial charge in [-0.3, -0.25) is 9.62 Å². The number of carbonyl (C=O) groups excluding carboxylic acids is 1. The van der Waals surface area contributed by atoms with Gasteiger partial charge in [0.05, 0.1) is 29.9 Å². The van der Waals surface area contributed by atoms with Crippen LogP contribution in [-0.4, -0.2) is 76.7 Å². The van der Waals surface area contributed by atoms with Crippen molar-refractivity contribution in [2.24, 2.45) is 0 Å². The van der Waals surface area contributed by atoms with E-state index in [1.54, 1.807) is 6.92 Å². The summed E-state index contributed by atoms with van der Waals surface area (Å²) < 4.78 is 72.4. The lowest BCUT2D eigenvalue weighted by Crippen LogP contribution is -2.49. The Hall–Kier alpha value is -3.46. The number of halogens is 3. The zero-order valence-electron chi connectivity index (χ0n) is 18.8. The summed E-state index contributed by atoms with van der Waals surface area (Å²) >= 11 is 0. The van der Waals surface area contributed by atoms with E-state index < -0.39 is 27.8 Å². The number of alkyl halides is 3. The van der Waals surface area contributed by atoms with Crippen LogP contribution in [0.3, 0.4) is 0 Å². The van der Waals surface area contributed by atoms with Crippen LogP contribution in [0.5, 0.6) is 0 Å². The third-order valence-corrected chi connectivity index (χ3v) is 5.91. The maximum absolute atomic E-state index is 13.8. The summed E-state index contributed by atoms with van der Waals surface area (Å²) in [7, 11) is -3.51. The Kier molecular flexibility index (Phi) is 6.55. The van der Waals surface area contributed by atoms with Gasteiger partial charge in [-0.15, -0.1) is 10.2 Å². The number of nitrogens with zero attached hydrogens (tertiary/aromatic N) is 6. The smallest absolute Gasteiger partial charge is 0.416 e. The van der Waals surface area contributed by atoms with Crippen molar-refractivity contribution < 1.29 is 30.8 Å². The molecule has 1 aliphatic rings. The quantitative estimate of drug-likeness (QED) is 0.551. The minimum atomic E-state index is -4.57. The van der Waals surface area contributed by atoms with Gasteiger partial charge in [-0.1, -0.05) is 6.07 Å². The summed E-state index contributed by atoms with van der Waals surface area (Å²) in [4.78, 5) is 16.0. The van der Waals surface area contributed by atoms with Crippen LogP contribution >= 0.6 is 0 Å². The summed E-state index contributed by atoms with van der Waals surface area (Å²) in [6.45, 7) is 2.84. The molecule has 0 unspecified atom stereocenters. The summed E-state index contributed by atoms with van der Waals surface area (Å²) in [5, 5.41) is 11.3. The van der Waals surface area contributed by atoms with Crippen LogP contribution in [0, 0.1) is 6.92 Å². The maximum atomic E-state index is 13.8. The molecule has 0 radical (unpaired) electrons. The van der Waals surface area contributed by atoms with Gasteiger partial charge in [0.25, 0.3) is 0 Å². The third kappa shape index (κ3) is 5.97. The number of rotatable bonds is 5. The number of aryl methyl sites for hydroxylation is 1. The highest BCUT2D eigenvalue weighted by Gasteiger charge is 2.35. The minimum absolute atomic E-state index is 0.0141. The van der Waals surface area contributed by atoms with E-state index in [2.05, 4.69) is 20.0 Å². The number of anilines is 1. The van der Waals surface area contributed by atoms with Gasteiger partial charge < -0.3 is 9.32 Å².